The van der Waals surface area contributed by atoms with Crippen LogP contribution in [0.4, 0.5) is 0 Å². The second-order valence-corrected chi connectivity index (χ2v) is 9.14. The van der Waals surface area contributed by atoms with E-state index >= 15 is 0 Å². The number of ether oxygens (including phenoxy) is 5. The molecule has 1 saturated heterocycles. The number of hydrogen-bond acceptors (Lipinski definition) is 7. The fourth-order valence-corrected chi connectivity index (χ4v) is 3.91. The third-order valence-corrected chi connectivity index (χ3v) is 5.93. The fourth-order valence-electron chi connectivity index (χ4n) is 3.55. The number of aliphatic hydroxyl groups excluding tert-OH is 1. The van der Waals surface area contributed by atoms with Crippen molar-refractivity contribution in [2.24, 2.45) is 0 Å². The SMILES string of the molecule is C=CCO[C@H]1[C@@H](O)[C@@H](COCc2ccccc2)O[C@@H](Oc2ccc(I)cc2)[C@@H]1OC(=O)CCC. The first kappa shape index (κ1) is 26.6. The molecule has 8 heteroatoms. The molecular formula is C26H31IO7. The predicted molar refractivity (Wildman–Crippen MR) is 135 cm³/mol. The third kappa shape index (κ3) is 7.78. The summed E-state index contributed by atoms with van der Waals surface area (Å²) in [5.41, 5.74) is 1.00. The van der Waals surface area contributed by atoms with E-state index in [9.17, 15) is 9.90 Å². The highest BCUT2D eigenvalue weighted by molar-refractivity contribution is 14.1. The van der Waals surface area contributed by atoms with E-state index in [0.29, 0.717) is 18.8 Å². The van der Waals surface area contributed by atoms with E-state index in [1.807, 2.05) is 61.5 Å². The largest absolute Gasteiger partial charge is 0.461 e. The van der Waals surface area contributed by atoms with Crippen LogP contribution in [-0.4, -0.2) is 55.0 Å². The van der Waals surface area contributed by atoms with E-state index in [4.69, 9.17) is 23.7 Å². The molecule has 0 amide bonds. The summed E-state index contributed by atoms with van der Waals surface area (Å²) >= 11 is 2.21. The molecule has 0 saturated carbocycles. The Morgan fingerprint density at radius 3 is 2.56 bits per heavy atom. The summed E-state index contributed by atoms with van der Waals surface area (Å²) in [6.07, 6.45) is -2.27. The average molecular weight is 582 g/mol. The van der Waals surface area contributed by atoms with Gasteiger partial charge in [0.15, 0.2) is 6.10 Å². The van der Waals surface area contributed by atoms with E-state index in [2.05, 4.69) is 29.2 Å². The lowest BCUT2D eigenvalue weighted by molar-refractivity contribution is -0.291. The fraction of sp³-hybridized carbons (Fsp3) is 0.423. The van der Waals surface area contributed by atoms with E-state index in [1.165, 1.54) is 0 Å². The zero-order valence-corrected chi connectivity index (χ0v) is 21.3. The Kier molecular flexibility index (Phi) is 10.8. The van der Waals surface area contributed by atoms with Gasteiger partial charge < -0.3 is 28.8 Å². The van der Waals surface area contributed by atoms with Crippen LogP contribution in [0.15, 0.2) is 67.3 Å². The molecular weight excluding hydrogens is 551 g/mol. The van der Waals surface area contributed by atoms with Crippen molar-refractivity contribution in [2.45, 2.75) is 57.1 Å². The molecule has 1 heterocycles. The molecule has 34 heavy (non-hydrogen) atoms. The normalized spacial score (nSPS) is 24.4. The van der Waals surface area contributed by atoms with E-state index in [1.54, 1.807) is 6.08 Å². The molecule has 1 fully saturated rings. The summed E-state index contributed by atoms with van der Waals surface area (Å²) in [5.74, 6) is 0.135. The number of rotatable bonds is 12. The summed E-state index contributed by atoms with van der Waals surface area (Å²) in [7, 11) is 0. The predicted octanol–water partition coefficient (Wildman–Crippen LogP) is 4.26. The minimum absolute atomic E-state index is 0.103. The van der Waals surface area contributed by atoms with E-state index in [0.717, 1.165) is 9.13 Å². The summed E-state index contributed by atoms with van der Waals surface area (Å²) < 4.78 is 30.6. The van der Waals surface area contributed by atoms with Gasteiger partial charge in [-0.05, 0) is 58.8 Å². The monoisotopic (exact) mass is 582 g/mol. The van der Waals surface area contributed by atoms with Crippen LogP contribution in [0.1, 0.15) is 25.3 Å². The molecule has 0 radical (unpaired) electrons. The lowest BCUT2D eigenvalue weighted by Gasteiger charge is -2.43. The van der Waals surface area contributed by atoms with Gasteiger partial charge in [-0.15, -0.1) is 6.58 Å². The van der Waals surface area contributed by atoms with Gasteiger partial charge in [0.2, 0.25) is 6.29 Å². The Hall–Kier alpha value is -1.98. The van der Waals surface area contributed by atoms with Gasteiger partial charge in [0.25, 0.3) is 0 Å². The first-order valence-electron chi connectivity index (χ1n) is 11.3. The van der Waals surface area contributed by atoms with Gasteiger partial charge in [0.1, 0.15) is 24.1 Å². The van der Waals surface area contributed by atoms with Crippen LogP contribution in [0, 0.1) is 3.57 Å². The summed E-state index contributed by atoms with van der Waals surface area (Å²) in [4.78, 5) is 12.4. The first-order valence-corrected chi connectivity index (χ1v) is 12.4. The van der Waals surface area contributed by atoms with Crippen LogP contribution in [0.25, 0.3) is 0 Å². The minimum Gasteiger partial charge on any atom is -0.461 e. The van der Waals surface area contributed by atoms with Crippen LogP contribution >= 0.6 is 22.6 Å². The van der Waals surface area contributed by atoms with Crippen LogP contribution in [0.2, 0.25) is 0 Å². The Morgan fingerprint density at radius 2 is 1.88 bits per heavy atom. The molecule has 0 bridgehead atoms. The van der Waals surface area contributed by atoms with Crippen LogP contribution in [0.5, 0.6) is 5.75 Å². The summed E-state index contributed by atoms with van der Waals surface area (Å²) in [5, 5.41) is 11.1. The average Bonchev–Trinajstić information content (AvgIpc) is 2.83. The van der Waals surface area contributed by atoms with E-state index < -0.39 is 36.7 Å². The molecule has 5 atom stereocenters. The number of aliphatic hydroxyl groups is 1. The molecule has 1 N–H and O–H groups in total. The molecule has 0 spiro atoms. The van der Waals surface area contributed by atoms with Crippen molar-refractivity contribution in [3.8, 4) is 5.75 Å². The lowest BCUT2D eigenvalue weighted by atomic mass is 9.98. The van der Waals surface area contributed by atoms with Gasteiger partial charge in [0, 0.05) is 9.99 Å². The molecule has 7 nitrogen and oxygen atoms in total. The van der Waals surface area contributed by atoms with Gasteiger partial charge in [-0.2, -0.15) is 0 Å². The number of carbonyl (C=O) groups is 1. The summed E-state index contributed by atoms with van der Waals surface area (Å²) in [6, 6.07) is 17.1. The molecule has 2 aromatic carbocycles. The molecule has 2 aromatic rings. The van der Waals surface area contributed by atoms with E-state index in [-0.39, 0.29) is 19.6 Å². The maximum absolute atomic E-state index is 12.4. The summed E-state index contributed by atoms with van der Waals surface area (Å²) in [6.45, 7) is 6.20. The zero-order chi connectivity index (χ0) is 24.3. The lowest BCUT2D eigenvalue weighted by Crippen LogP contribution is -2.62. The molecule has 0 aromatic heterocycles. The number of benzene rings is 2. The van der Waals surface area contributed by atoms with Crippen molar-refractivity contribution in [2.75, 3.05) is 13.2 Å². The first-order chi connectivity index (χ1) is 16.5. The van der Waals surface area contributed by atoms with Gasteiger partial charge in [-0.1, -0.05) is 43.3 Å². The molecule has 1 aliphatic heterocycles. The van der Waals surface area contributed by atoms with Crippen LogP contribution < -0.4 is 4.74 Å². The van der Waals surface area contributed by atoms with Crippen molar-refractivity contribution in [3.05, 3.63) is 76.4 Å². The Bertz CT molecular complexity index is 890. The van der Waals surface area contributed by atoms with Crippen molar-refractivity contribution < 1.29 is 33.6 Å². The quantitative estimate of drug-likeness (QED) is 0.228. The van der Waals surface area contributed by atoms with Crippen LogP contribution in [-0.2, 0) is 30.3 Å². The number of esters is 1. The molecule has 184 valence electrons. The molecule has 0 aliphatic carbocycles. The van der Waals surface area contributed by atoms with Gasteiger partial charge in [0.05, 0.1) is 19.8 Å². The second-order valence-electron chi connectivity index (χ2n) is 7.90. The Morgan fingerprint density at radius 1 is 1.15 bits per heavy atom. The Balaban J connectivity index is 1.78. The topological polar surface area (TPSA) is 83.5 Å². The van der Waals surface area contributed by atoms with Gasteiger partial charge in [-0.3, -0.25) is 4.79 Å². The maximum Gasteiger partial charge on any atom is 0.306 e. The van der Waals surface area contributed by atoms with Crippen molar-refractivity contribution in [1.82, 2.24) is 0 Å². The number of hydrogen-bond donors (Lipinski definition) is 1. The van der Waals surface area contributed by atoms with Crippen molar-refractivity contribution in [3.63, 3.8) is 0 Å². The third-order valence-electron chi connectivity index (χ3n) is 5.21. The standard InChI is InChI=1S/C26H31IO7/c1-3-8-22(28)34-25-24(31-15-4-2)23(29)21(17-30-16-18-9-6-5-7-10-18)33-26(25)32-20-13-11-19(27)12-14-20/h4-7,9-14,21,23-26,29H,2-3,8,15-17H2,1H3/t21-,23+,24+,25-,26-/m1/s1. The zero-order valence-electron chi connectivity index (χ0n) is 19.2. The smallest absolute Gasteiger partial charge is 0.306 e. The van der Waals surface area contributed by atoms with Crippen molar-refractivity contribution >= 4 is 28.6 Å². The highest BCUT2D eigenvalue weighted by Gasteiger charge is 2.49. The van der Waals surface area contributed by atoms with Gasteiger partial charge in [-0.25, -0.2) is 0 Å². The minimum atomic E-state index is -1.10. The van der Waals surface area contributed by atoms with Gasteiger partial charge >= 0.3 is 5.97 Å². The highest BCUT2D eigenvalue weighted by atomic mass is 127. The maximum atomic E-state index is 12.4. The van der Waals surface area contributed by atoms with Crippen LogP contribution in [0.3, 0.4) is 0 Å². The highest BCUT2D eigenvalue weighted by Crippen LogP contribution is 2.29. The number of halogens is 1. The second kappa shape index (κ2) is 13.8. The number of carbonyl (C=O) groups excluding carboxylic acids is 1. The molecule has 3 rings (SSSR count). The molecule has 0 unspecified atom stereocenters. The van der Waals surface area contributed by atoms with Crippen molar-refractivity contribution in [1.29, 1.82) is 0 Å². The molecule has 1 aliphatic rings. The Labute approximate surface area is 214 Å².